The van der Waals surface area contributed by atoms with E-state index in [-0.39, 0.29) is 5.91 Å². The van der Waals surface area contributed by atoms with Crippen LogP contribution >= 0.6 is 23.2 Å². The lowest BCUT2D eigenvalue weighted by atomic mass is 10.1. The number of rotatable bonds is 5. The van der Waals surface area contributed by atoms with Crippen molar-refractivity contribution in [1.82, 2.24) is 5.32 Å². The van der Waals surface area contributed by atoms with Crippen LogP contribution in [0.4, 0.5) is 0 Å². The van der Waals surface area contributed by atoms with Crippen molar-refractivity contribution in [3.05, 3.63) is 57.6 Å². The molecule has 1 amide bonds. The Balaban J connectivity index is 2.14. The molecule has 0 heterocycles. The topological polar surface area (TPSA) is 47.6 Å². The molecule has 22 heavy (non-hydrogen) atoms. The molecule has 0 saturated heterocycles. The first-order valence-corrected chi connectivity index (χ1v) is 7.25. The normalized spacial score (nSPS) is 10.2. The fraction of sp³-hybridized carbons (Fsp3) is 0.188. The fourth-order valence-corrected chi connectivity index (χ4v) is 2.48. The summed E-state index contributed by atoms with van der Waals surface area (Å²) in [6.07, 6.45) is 0. The molecule has 0 aliphatic rings. The van der Waals surface area contributed by atoms with Gasteiger partial charge in [-0.1, -0.05) is 35.3 Å². The number of methoxy groups -OCH3 is 2. The summed E-state index contributed by atoms with van der Waals surface area (Å²) in [7, 11) is 2.98. The zero-order chi connectivity index (χ0) is 16.1. The van der Waals surface area contributed by atoms with Crippen LogP contribution in [0.2, 0.25) is 10.0 Å². The highest BCUT2D eigenvalue weighted by molar-refractivity contribution is 6.32. The number of nitrogens with one attached hydrogen (secondary N) is 1. The predicted octanol–water partition coefficient (Wildman–Crippen LogP) is 3.94. The van der Waals surface area contributed by atoms with Crippen molar-refractivity contribution in [2.75, 3.05) is 14.2 Å². The second kappa shape index (κ2) is 7.38. The number of amides is 1. The molecule has 0 saturated carbocycles. The van der Waals surface area contributed by atoms with Gasteiger partial charge in [-0.3, -0.25) is 4.79 Å². The van der Waals surface area contributed by atoms with Gasteiger partial charge in [0.2, 0.25) is 0 Å². The molecule has 2 rings (SSSR count). The number of carbonyl (C=O) groups excluding carboxylic acids is 1. The summed E-state index contributed by atoms with van der Waals surface area (Å²) in [4.78, 5) is 12.2. The molecular weight excluding hydrogens is 325 g/mol. The summed E-state index contributed by atoms with van der Waals surface area (Å²) in [6.45, 7) is 0.366. The molecule has 1 N–H and O–H groups in total. The third-order valence-electron chi connectivity index (χ3n) is 3.04. The minimum Gasteiger partial charge on any atom is -0.493 e. The third-order valence-corrected chi connectivity index (χ3v) is 3.55. The fourth-order valence-electron chi connectivity index (χ4n) is 1.98. The molecule has 2 aromatic carbocycles. The highest BCUT2D eigenvalue weighted by Crippen LogP contribution is 2.35. The summed E-state index contributed by atoms with van der Waals surface area (Å²) < 4.78 is 10.3. The Morgan fingerprint density at radius 1 is 1.14 bits per heavy atom. The Morgan fingerprint density at radius 3 is 2.55 bits per heavy atom. The van der Waals surface area contributed by atoms with Crippen molar-refractivity contribution < 1.29 is 14.3 Å². The Hall–Kier alpha value is -1.91. The summed E-state index contributed by atoms with van der Waals surface area (Å²) >= 11 is 12.0. The van der Waals surface area contributed by atoms with Crippen LogP contribution in [0, 0.1) is 0 Å². The number of carbonyl (C=O) groups is 1. The molecule has 0 fully saturated rings. The molecule has 0 bridgehead atoms. The predicted molar refractivity (Wildman–Crippen MR) is 87.2 cm³/mol. The van der Waals surface area contributed by atoms with Gasteiger partial charge in [-0.25, -0.2) is 0 Å². The van der Waals surface area contributed by atoms with E-state index in [0.717, 1.165) is 5.56 Å². The van der Waals surface area contributed by atoms with Gasteiger partial charge in [-0.05, 0) is 29.8 Å². The van der Waals surface area contributed by atoms with Crippen molar-refractivity contribution in [3.8, 4) is 11.5 Å². The maximum Gasteiger partial charge on any atom is 0.251 e. The highest BCUT2D eigenvalue weighted by Gasteiger charge is 2.15. The Labute approximate surface area is 138 Å². The zero-order valence-corrected chi connectivity index (χ0v) is 13.7. The van der Waals surface area contributed by atoms with Gasteiger partial charge in [0.05, 0.1) is 19.2 Å². The van der Waals surface area contributed by atoms with E-state index in [1.165, 1.54) is 20.3 Å². The second-order valence-electron chi connectivity index (χ2n) is 4.51. The number of benzene rings is 2. The maximum absolute atomic E-state index is 12.2. The van der Waals surface area contributed by atoms with E-state index < -0.39 is 0 Å². The smallest absolute Gasteiger partial charge is 0.251 e. The van der Waals surface area contributed by atoms with Gasteiger partial charge in [0.15, 0.2) is 11.5 Å². The number of ether oxygens (including phenoxy) is 2. The van der Waals surface area contributed by atoms with E-state index in [1.807, 2.05) is 12.1 Å². The molecule has 6 heteroatoms. The summed E-state index contributed by atoms with van der Waals surface area (Å²) in [6, 6.07) is 10.4. The van der Waals surface area contributed by atoms with Gasteiger partial charge in [-0.2, -0.15) is 0 Å². The Morgan fingerprint density at radius 2 is 1.91 bits per heavy atom. The van der Waals surface area contributed by atoms with Gasteiger partial charge >= 0.3 is 0 Å². The van der Waals surface area contributed by atoms with E-state index in [9.17, 15) is 4.79 Å². The van der Waals surface area contributed by atoms with Crippen molar-refractivity contribution in [3.63, 3.8) is 0 Å². The van der Waals surface area contributed by atoms with E-state index >= 15 is 0 Å². The van der Waals surface area contributed by atoms with Crippen LogP contribution in [-0.2, 0) is 6.54 Å². The number of hydrogen-bond acceptors (Lipinski definition) is 3. The molecule has 0 radical (unpaired) electrons. The zero-order valence-electron chi connectivity index (χ0n) is 12.2. The van der Waals surface area contributed by atoms with Crippen LogP contribution in [0.25, 0.3) is 0 Å². The third kappa shape index (κ3) is 3.84. The van der Waals surface area contributed by atoms with Gasteiger partial charge in [0.1, 0.15) is 0 Å². The van der Waals surface area contributed by atoms with Gasteiger partial charge in [-0.15, -0.1) is 0 Å². The number of halogens is 2. The lowest BCUT2D eigenvalue weighted by Gasteiger charge is -2.12. The SMILES string of the molecule is COc1cc(C(=O)NCc2cccc(Cl)c2)cc(Cl)c1OC. The maximum atomic E-state index is 12.2. The van der Waals surface area contributed by atoms with E-state index in [1.54, 1.807) is 18.2 Å². The molecule has 0 unspecified atom stereocenters. The molecular formula is C16H15Cl2NO3. The average molecular weight is 340 g/mol. The van der Waals surface area contributed by atoms with Gasteiger partial charge in [0.25, 0.3) is 5.91 Å². The van der Waals surface area contributed by atoms with Crippen molar-refractivity contribution in [2.45, 2.75) is 6.54 Å². The molecule has 0 spiro atoms. The first kappa shape index (κ1) is 16.5. The van der Waals surface area contributed by atoms with Crippen molar-refractivity contribution in [1.29, 1.82) is 0 Å². The lowest BCUT2D eigenvalue weighted by molar-refractivity contribution is 0.0950. The van der Waals surface area contributed by atoms with Crippen LogP contribution in [0.3, 0.4) is 0 Å². The first-order chi connectivity index (χ1) is 10.5. The molecule has 0 aliphatic heterocycles. The Kier molecular flexibility index (Phi) is 5.52. The first-order valence-electron chi connectivity index (χ1n) is 6.49. The minimum atomic E-state index is -0.261. The minimum absolute atomic E-state index is 0.261. The van der Waals surface area contributed by atoms with Crippen LogP contribution in [-0.4, -0.2) is 20.1 Å². The molecule has 2 aromatic rings. The standard InChI is InChI=1S/C16H15Cl2NO3/c1-21-14-8-11(7-13(18)15(14)22-2)16(20)19-9-10-4-3-5-12(17)6-10/h3-8H,9H2,1-2H3,(H,19,20). The van der Waals surface area contributed by atoms with Gasteiger partial charge in [0, 0.05) is 17.1 Å². The molecule has 0 aliphatic carbocycles. The van der Waals surface area contributed by atoms with E-state index in [4.69, 9.17) is 32.7 Å². The van der Waals surface area contributed by atoms with Crippen LogP contribution in [0.1, 0.15) is 15.9 Å². The van der Waals surface area contributed by atoms with Gasteiger partial charge < -0.3 is 14.8 Å². The summed E-state index contributed by atoms with van der Waals surface area (Å²) in [5.74, 6) is 0.543. The van der Waals surface area contributed by atoms with Crippen LogP contribution in [0.15, 0.2) is 36.4 Å². The molecule has 0 atom stereocenters. The average Bonchev–Trinajstić information content (AvgIpc) is 2.51. The quantitative estimate of drug-likeness (QED) is 0.897. The Bertz CT molecular complexity index is 689. The summed E-state index contributed by atoms with van der Waals surface area (Å²) in [5, 5.41) is 3.75. The van der Waals surface area contributed by atoms with Crippen LogP contribution < -0.4 is 14.8 Å². The monoisotopic (exact) mass is 339 g/mol. The van der Waals surface area contributed by atoms with Crippen molar-refractivity contribution in [2.24, 2.45) is 0 Å². The van der Waals surface area contributed by atoms with Crippen molar-refractivity contribution >= 4 is 29.1 Å². The van der Waals surface area contributed by atoms with Crippen LogP contribution in [0.5, 0.6) is 11.5 Å². The molecule has 4 nitrogen and oxygen atoms in total. The number of hydrogen-bond donors (Lipinski definition) is 1. The summed E-state index contributed by atoms with van der Waals surface area (Å²) in [5.41, 5.74) is 1.30. The largest absolute Gasteiger partial charge is 0.493 e. The second-order valence-corrected chi connectivity index (χ2v) is 5.35. The van der Waals surface area contributed by atoms with E-state index in [2.05, 4.69) is 5.32 Å². The highest BCUT2D eigenvalue weighted by atomic mass is 35.5. The molecule has 0 aromatic heterocycles. The molecule has 116 valence electrons. The lowest BCUT2D eigenvalue weighted by Crippen LogP contribution is -2.22. The van der Waals surface area contributed by atoms with E-state index in [0.29, 0.717) is 33.7 Å².